The summed E-state index contributed by atoms with van der Waals surface area (Å²) in [7, 11) is 0. The van der Waals surface area contributed by atoms with E-state index in [2.05, 4.69) is 32.0 Å². The molecule has 0 N–H and O–H groups in total. The molecule has 7 heteroatoms. The van der Waals surface area contributed by atoms with E-state index in [-0.39, 0.29) is 17.9 Å². The maximum absolute atomic E-state index is 13.4. The van der Waals surface area contributed by atoms with Gasteiger partial charge in [0, 0.05) is 17.6 Å². The molecule has 3 aliphatic rings. The Bertz CT molecular complexity index is 999. The van der Waals surface area contributed by atoms with Crippen LogP contribution in [-0.2, 0) is 9.59 Å². The van der Waals surface area contributed by atoms with Crippen molar-refractivity contribution in [2.75, 3.05) is 18.0 Å². The summed E-state index contributed by atoms with van der Waals surface area (Å²) in [5.74, 6) is -0.766. The van der Waals surface area contributed by atoms with Crippen LogP contribution in [0.3, 0.4) is 0 Å². The molecule has 0 radical (unpaired) electrons. The number of nitrogens with zero attached hydrogens (tertiary/aromatic N) is 4. The Kier molecular flexibility index (Phi) is 4.09. The highest BCUT2D eigenvalue weighted by Crippen LogP contribution is 2.48. The first-order valence-electron chi connectivity index (χ1n) is 9.27. The second kappa shape index (κ2) is 6.52. The zero-order valence-electron chi connectivity index (χ0n) is 15.0. The second-order valence-corrected chi connectivity index (χ2v) is 8.23. The molecule has 5 rings (SSSR count). The summed E-state index contributed by atoms with van der Waals surface area (Å²) in [4.78, 5) is 28.0. The molecule has 0 aliphatic carbocycles. The largest absolute Gasteiger partial charge is 0.274 e. The molecule has 0 spiro atoms. The van der Waals surface area contributed by atoms with Gasteiger partial charge in [-0.05, 0) is 48.4 Å². The van der Waals surface area contributed by atoms with Crippen LogP contribution in [0.2, 0.25) is 0 Å². The number of carbonyl (C=O) groups excluding carboxylic acids is 2. The van der Waals surface area contributed by atoms with Crippen molar-refractivity contribution in [2.24, 2.45) is 5.92 Å². The van der Waals surface area contributed by atoms with E-state index in [1.807, 2.05) is 24.3 Å². The summed E-state index contributed by atoms with van der Waals surface area (Å²) in [6, 6.07) is 16.1. The Hall–Kier alpha value is -2.53. The molecule has 3 saturated heterocycles. The number of amides is 2. The Morgan fingerprint density at radius 3 is 2.18 bits per heavy atom. The highest BCUT2D eigenvalue weighted by atomic mass is 79.9. The average Bonchev–Trinajstić information content (AvgIpc) is 3.35. The Labute approximate surface area is 171 Å². The molecular formula is C21H17BrN4O2. The van der Waals surface area contributed by atoms with Gasteiger partial charge in [-0.3, -0.25) is 9.59 Å². The molecule has 0 aromatic heterocycles. The normalized spacial score (nSPS) is 27.1. The lowest BCUT2D eigenvalue weighted by Crippen LogP contribution is -2.44. The van der Waals surface area contributed by atoms with Gasteiger partial charge in [-0.25, -0.2) is 14.9 Å². The third-order valence-corrected chi connectivity index (χ3v) is 6.40. The van der Waals surface area contributed by atoms with Gasteiger partial charge < -0.3 is 0 Å². The maximum Gasteiger partial charge on any atom is 0.253 e. The number of nitriles is 1. The first-order chi connectivity index (χ1) is 13.6. The number of imide groups is 1. The predicted molar refractivity (Wildman–Crippen MR) is 106 cm³/mol. The van der Waals surface area contributed by atoms with E-state index < -0.39 is 12.0 Å². The van der Waals surface area contributed by atoms with E-state index in [9.17, 15) is 9.59 Å². The van der Waals surface area contributed by atoms with Crippen molar-refractivity contribution in [2.45, 2.75) is 18.5 Å². The summed E-state index contributed by atoms with van der Waals surface area (Å²) in [5, 5.41) is 13.3. The lowest BCUT2D eigenvalue weighted by atomic mass is 9.90. The van der Waals surface area contributed by atoms with Crippen LogP contribution in [0.1, 0.15) is 23.6 Å². The molecule has 140 valence electrons. The fraction of sp³-hybridized carbons (Fsp3) is 0.286. The molecule has 3 aliphatic heterocycles. The molecule has 2 aromatic rings. The second-order valence-electron chi connectivity index (χ2n) is 7.32. The van der Waals surface area contributed by atoms with Crippen molar-refractivity contribution in [1.29, 1.82) is 5.26 Å². The number of halogens is 1. The van der Waals surface area contributed by atoms with E-state index in [1.165, 1.54) is 4.90 Å². The summed E-state index contributed by atoms with van der Waals surface area (Å²) in [6.07, 6.45) is 0.981. The van der Waals surface area contributed by atoms with Crippen molar-refractivity contribution < 1.29 is 9.59 Å². The molecule has 0 bridgehead atoms. The number of fused-ring (bicyclic) bond motifs is 3. The van der Waals surface area contributed by atoms with Crippen LogP contribution in [0.15, 0.2) is 53.0 Å². The van der Waals surface area contributed by atoms with E-state index in [0.29, 0.717) is 11.3 Å². The molecule has 3 atom stereocenters. The van der Waals surface area contributed by atoms with Crippen LogP contribution in [-0.4, -0.2) is 41.0 Å². The van der Waals surface area contributed by atoms with Crippen LogP contribution in [0, 0.1) is 17.2 Å². The number of anilines is 1. The van der Waals surface area contributed by atoms with Crippen molar-refractivity contribution >= 4 is 33.4 Å². The predicted octanol–water partition coefficient (Wildman–Crippen LogP) is 2.86. The summed E-state index contributed by atoms with van der Waals surface area (Å²) in [5.41, 5.74) is 2.08. The molecule has 28 heavy (non-hydrogen) atoms. The Balaban J connectivity index is 1.56. The minimum atomic E-state index is -0.459. The third-order valence-electron chi connectivity index (χ3n) is 5.87. The molecule has 0 saturated carbocycles. The van der Waals surface area contributed by atoms with E-state index in [1.54, 1.807) is 24.3 Å². The van der Waals surface area contributed by atoms with E-state index in [4.69, 9.17) is 5.26 Å². The number of carbonyl (C=O) groups is 2. The molecule has 3 heterocycles. The SMILES string of the molecule is N#Cc1ccc(N2C(=O)[C@@H]3[C@@H](C2=O)N2CCCN2[C@H]3c2ccc(Br)cc2)cc1. The van der Waals surface area contributed by atoms with Gasteiger partial charge in [0.15, 0.2) is 0 Å². The first kappa shape index (κ1) is 17.6. The molecular weight excluding hydrogens is 420 g/mol. The van der Waals surface area contributed by atoms with Gasteiger partial charge in [0.25, 0.3) is 5.91 Å². The van der Waals surface area contributed by atoms with Crippen LogP contribution in [0.4, 0.5) is 5.69 Å². The van der Waals surface area contributed by atoms with Gasteiger partial charge >= 0.3 is 0 Å². The standard InChI is InChI=1S/C21H17BrN4O2/c22-15-6-4-14(5-7-15)18-17-19(25-11-1-10-24(18)25)21(28)26(20(17)27)16-8-2-13(12-23)3-9-16/h2-9,17-19H,1,10-11H2/t17-,18-,19-/m0/s1. The van der Waals surface area contributed by atoms with Crippen LogP contribution < -0.4 is 4.90 Å². The summed E-state index contributed by atoms with van der Waals surface area (Å²) in [6.45, 7) is 1.64. The van der Waals surface area contributed by atoms with Crippen LogP contribution in [0.5, 0.6) is 0 Å². The van der Waals surface area contributed by atoms with Gasteiger partial charge in [0.05, 0.1) is 29.3 Å². The van der Waals surface area contributed by atoms with Gasteiger partial charge in [0.1, 0.15) is 6.04 Å². The van der Waals surface area contributed by atoms with E-state index in [0.717, 1.165) is 29.5 Å². The smallest absolute Gasteiger partial charge is 0.253 e. The van der Waals surface area contributed by atoms with Gasteiger partial charge in [-0.15, -0.1) is 0 Å². The van der Waals surface area contributed by atoms with Crippen LogP contribution >= 0.6 is 15.9 Å². The fourth-order valence-corrected chi connectivity index (χ4v) is 4.98. The van der Waals surface area contributed by atoms with Gasteiger partial charge in [0.2, 0.25) is 5.91 Å². The molecule has 6 nitrogen and oxygen atoms in total. The van der Waals surface area contributed by atoms with Crippen molar-refractivity contribution in [1.82, 2.24) is 10.0 Å². The quantitative estimate of drug-likeness (QED) is 0.677. The number of hydrogen-bond acceptors (Lipinski definition) is 5. The van der Waals surface area contributed by atoms with Gasteiger partial charge in [-0.2, -0.15) is 5.26 Å². The number of hydrazine groups is 1. The Morgan fingerprint density at radius 1 is 0.893 bits per heavy atom. The summed E-state index contributed by atoms with van der Waals surface area (Å²) >= 11 is 3.46. The minimum Gasteiger partial charge on any atom is -0.274 e. The monoisotopic (exact) mass is 436 g/mol. The number of hydrogen-bond donors (Lipinski definition) is 0. The minimum absolute atomic E-state index is 0.138. The topological polar surface area (TPSA) is 67.6 Å². The number of rotatable bonds is 2. The lowest BCUT2D eigenvalue weighted by molar-refractivity contribution is -0.126. The molecule has 3 fully saturated rings. The van der Waals surface area contributed by atoms with Gasteiger partial charge in [-0.1, -0.05) is 28.1 Å². The third kappa shape index (κ3) is 2.46. The molecule has 0 unspecified atom stereocenters. The first-order valence-corrected chi connectivity index (χ1v) is 10.1. The zero-order chi connectivity index (χ0) is 19.4. The number of benzene rings is 2. The van der Waals surface area contributed by atoms with Crippen molar-refractivity contribution in [3.05, 3.63) is 64.1 Å². The zero-order valence-corrected chi connectivity index (χ0v) is 16.5. The fourth-order valence-electron chi connectivity index (χ4n) is 4.71. The average molecular weight is 437 g/mol. The maximum atomic E-state index is 13.4. The highest BCUT2D eigenvalue weighted by Gasteiger charge is 2.62. The van der Waals surface area contributed by atoms with E-state index >= 15 is 0 Å². The molecule has 2 aromatic carbocycles. The van der Waals surface area contributed by atoms with Crippen LogP contribution in [0.25, 0.3) is 0 Å². The van der Waals surface area contributed by atoms with Crippen molar-refractivity contribution in [3.8, 4) is 6.07 Å². The molecule has 2 amide bonds. The highest BCUT2D eigenvalue weighted by molar-refractivity contribution is 9.10. The lowest BCUT2D eigenvalue weighted by Gasteiger charge is -2.29. The summed E-state index contributed by atoms with van der Waals surface area (Å²) < 4.78 is 0.983. The Morgan fingerprint density at radius 2 is 1.54 bits per heavy atom. The van der Waals surface area contributed by atoms with Crippen molar-refractivity contribution in [3.63, 3.8) is 0 Å².